The number of nitrogens with zero attached hydrogens (tertiary/aromatic N) is 2. The Kier molecular flexibility index (Phi) is 1.31. The van der Waals surface area contributed by atoms with Crippen molar-refractivity contribution in [3.05, 3.63) is 24.3 Å². The number of hydrazine groups is 1. The average molecular weight is 174 g/mol. The number of rotatable bonds is 0. The molecule has 2 N–H and O–H groups in total. The van der Waals surface area contributed by atoms with Gasteiger partial charge in [0.05, 0.1) is 11.0 Å². The fourth-order valence-electron chi connectivity index (χ4n) is 1.71. The summed E-state index contributed by atoms with van der Waals surface area (Å²) in [6, 6.07) is 8.18. The van der Waals surface area contributed by atoms with Gasteiger partial charge in [-0.05, 0) is 12.1 Å². The van der Waals surface area contributed by atoms with Gasteiger partial charge in [-0.3, -0.25) is 5.43 Å². The van der Waals surface area contributed by atoms with Crippen molar-refractivity contribution in [2.24, 2.45) is 0 Å². The second-order valence-corrected chi connectivity index (χ2v) is 3.13. The maximum absolute atomic E-state index is 4.44. The van der Waals surface area contributed by atoms with Crippen molar-refractivity contribution >= 4 is 17.0 Å². The Morgan fingerprint density at radius 2 is 2.23 bits per heavy atom. The van der Waals surface area contributed by atoms with Crippen LogP contribution in [0.2, 0.25) is 0 Å². The van der Waals surface area contributed by atoms with Crippen molar-refractivity contribution in [3.63, 3.8) is 0 Å². The summed E-state index contributed by atoms with van der Waals surface area (Å²) in [5, 5.41) is 0. The van der Waals surface area contributed by atoms with Crippen molar-refractivity contribution in [2.45, 2.75) is 6.54 Å². The Labute approximate surface area is 75.5 Å². The monoisotopic (exact) mass is 174 g/mol. The smallest absolute Gasteiger partial charge is 0.218 e. The van der Waals surface area contributed by atoms with Gasteiger partial charge < -0.3 is 4.57 Å². The van der Waals surface area contributed by atoms with Gasteiger partial charge in [0.25, 0.3) is 0 Å². The van der Waals surface area contributed by atoms with E-state index in [1.165, 1.54) is 5.52 Å². The van der Waals surface area contributed by atoms with Crippen LogP contribution >= 0.6 is 0 Å². The third kappa shape index (κ3) is 0.922. The van der Waals surface area contributed by atoms with Gasteiger partial charge in [0.1, 0.15) is 0 Å². The molecule has 1 aromatic carbocycles. The van der Waals surface area contributed by atoms with Crippen LogP contribution in [0.1, 0.15) is 0 Å². The molecule has 2 aromatic rings. The van der Waals surface area contributed by atoms with Gasteiger partial charge >= 0.3 is 0 Å². The minimum absolute atomic E-state index is 0.910. The maximum atomic E-state index is 4.44. The summed E-state index contributed by atoms with van der Waals surface area (Å²) >= 11 is 0. The van der Waals surface area contributed by atoms with Crippen molar-refractivity contribution < 1.29 is 0 Å². The van der Waals surface area contributed by atoms with Crippen LogP contribution in [0.3, 0.4) is 0 Å². The van der Waals surface area contributed by atoms with E-state index < -0.39 is 0 Å². The molecule has 0 saturated carbocycles. The Bertz CT molecular complexity index is 446. The number of imidazole rings is 1. The number of hydrogen-bond acceptors (Lipinski definition) is 3. The molecule has 13 heavy (non-hydrogen) atoms. The number of fused-ring (bicyclic) bond motifs is 3. The molecule has 0 radical (unpaired) electrons. The molecule has 0 spiro atoms. The molecule has 66 valence electrons. The number of hydrogen-bond donors (Lipinski definition) is 2. The van der Waals surface area contributed by atoms with E-state index in [0.717, 1.165) is 24.6 Å². The fraction of sp³-hybridized carbons (Fsp3) is 0.222. The van der Waals surface area contributed by atoms with Gasteiger partial charge in [0.2, 0.25) is 5.95 Å². The van der Waals surface area contributed by atoms with Gasteiger partial charge in [-0.15, -0.1) is 0 Å². The summed E-state index contributed by atoms with van der Waals surface area (Å²) < 4.78 is 2.19. The molecule has 0 fully saturated rings. The highest BCUT2D eigenvalue weighted by molar-refractivity contribution is 5.78. The molecule has 0 unspecified atom stereocenters. The first-order chi connectivity index (χ1) is 6.45. The van der Waals surface area contributed by atoms with Crippen LogP contribution in [0.25, 0.3) is 11.0 Å². The van der Waals surface area contributed by atoms with Gasteiger partial charge in [-0.2, -0.15) is 0 Å². The first-order valence-electron chi connectivity index (χ1n) is 4.39. The van der Waals surface area contributed by atoms with Crippen molar-refractivity contribution in [1.29, 1.82) is 0 Å². The molecule has 0 saturated heterocycles. The van der Waals surface area contributed by atoms with Gasteiger partial charge in [0, 0.05) is 13.1 Å². The first-order valence-corrected chi connectivity index (χ1v) is 4.39. The minimum Gasteiger partial charge on any atom is -0.308 e. The zero-order valence-electron chi connectivity index (χ0n) is 7.12. The van der Waals surface area contributed by atoms with E-state index in [9.17, 15) is 0 Å². The summed E-state index contributed by atoms with van der Waals surface area (Å²) in [6.07, 6.45) is 0. The van der Waals surface area contributed by atoms with Crippen LogP contribution in [-0.2, 0) is 6.54 Å². The molecular formula is C9H10N4. The molecule has 4 heteroatoms. The quantitative estimate of drug-likeness (QED) is 0.625. The van der Waals surface area contributed by atoms with Crippen LogP contribution in [0.4, 0.5) is 5.95 Å². The van der Waals surface area contributed by atoms with Crippen LogP contribution in [0, 0.1) is 0 Å². The standard InChI is InChI=1S/C9H10N4/c1-2-4-8-7(3-1)11-9-12-10-5-6-13(8)9/h1-4,10H,5-6H2,(H,11,12). The van der Waals surface area contributed by atoms with Crippen LogP contribution < -0.4 is 10.9 Å². The molecule has 1 aromatic heterocycles. The molecule has 3 rings (SSSR count). The highest BCUT2D eigenvalue weighted by Gasteiger charge is 2.12. The number of anilines is 1. The molecule has 0 amide bonds. The predicted molar refractivity (Wildman–Crippen MR) is 51.4 cm³/mol. The summed E-state index contributed by atoms with van der Waals surface area (Å²) in [4.78, 5) is 4.44. The third-order valence-corrected chi connectivity index (χ3v) is 2.32. The maximum Gasteiger partial charge on any atom is 0.218 e. The molecule has 1 aliphatic rings. The highest BCUT2D eigenvalue weighted by atomic mass is 15.5. The Hall–Kier alpha value is -1.55. The summed E-state index contributed by atoms with van der Waals surface area (Å²) in [6.45, 7) is 1.91. The van der Waals surface area contributed by atoms with Gasteiger partial charge in [-0.1, -0.05) is 12.1 Å². The van der Waals surface area contributed by atoms with Crippen LogP contribution in [0.15, 0.2) is 24.3 Å². The fourth-order valence-corrected chi connectivity index (χ4v) is 1.71. The number of nitrogens with one attached hydrogen (secondary N) is 2. The SMILES string of the molecule is c1ccc2c(c1)nc1n2CCNN1. The average Bonchev–Trinajstić information content (AvgIpc) is 2.56. The second-order valence-electron chi connectivity index (χ2n) is 3.13. The molecular weight excluding hydrogens is 164 g/mol. The van der Waals surface area contributed by atoms with Crippen LogP contribution in [0.5, 0.6) is 0 Å². The van der Waals surface area contributed by atoms with E-state index in [0.29, 0.717) is 0 Å². The predicted octanol–water partition coefficient (Wildman–Crippen LogP) is 0.966. The summed E-state index contributed by atoms with van der Waals surface area (Å²) in [5.41, 5.74) is 8.37. The number of para-hydroxylation sites is 2. The molecule has 4 nitrogen and oxygen atoms in total. The highest BCUT2D eigenvalue weighted by Crippen LogP contribution is 2.19. The van der Waals surface area contributed by atoms with E-state index >= 15 is 0 Å². The van der Waals surface area contributed by atoms with Crippen molar-refractivity contribution in [1.82, 2.24) is 15.0 Å². The minimum atomic E-state index is 0.910. The van der Waals surface area contributed by atoms with Crippen molar-refractivity contribution in [2.75, 3.05) is 12.0 Å². The van der Waals surface area contributed by atoms with E-state index in [2.05, 4.69) is 26.5 Å². The van der Waals surface area contributed by atoms with E-state index in [1.54, 1.807) is 0 Å². The van der Waals surface area contributed by atoms with Gasteiger partial charge in [-0.25, -0.2) is 10.4 Å². The Morgan fingerprint density at radius 1 is 1.31 bits per heavy atom. The number of benzene rings is 1. The van der Waals surface area contributed by atoms with E-state index in [4.69, 9.17) is 0 Å². The zero-order chi connectivity index (χ0) is 8.67. The second kappa shape index (κ2) is 2.47. The molecule has 0 atom stereocenters. The van der Waals surface area contributed by atoms with E-state index in [1.807, 2.05) is 18.2 Å². The van der Waals surface area contributed by atoms with E-state index in [-0.39, 0.29) is 0 Å². The molecule has 0 bridgehead atoms. The first kappa shape index (κ1) is 6.91. The third-order valence-electron chi connectivity index (χ3n) is 2.32. The van der Waals surface area contributed by atoms with Gasteiger partial charge in [0.15, 0.2) is 0 Å². The lowest BCUT2D eigenvalue weighted by molar-refractivity contribution is 0.605. The summed E-state index contributed by atoms with van der Waals surface area (Å²) in [5.74, 6) is 0.910. The lowest BCUT2D eigenvalue weighted by Gasteiger charge is -2.16. The topological polar surface area (TPSA) is 41.9 Å². The summed E-state index contributed by atoms with van der Waals surface area (Å²) in [7, 11) is 0. The largest absolute Gasteiger partial charge is 0.308 e. The lowest BCUT2D eigenvalue weighted by Crippen LogP contribution is -2.32. The molecule has 0 aliphatic carbocycles. The zero-order valence-corrected chi connectivity index (χ0v) is 7.12. The molecule has 1 aliphatic heterocycles. The number of aromatic nitrogens is 2. The van der Waals surface area contributed by atoms with Crippen molar-refractivity contribution in [3.8, 4) is 0 Å². The lowest BCUT2D eigenvalue weighted by atomic mass is 10.3. The Morgan fingerprint density at radius 3 is 3.23 bits per heavy atom. The normalized spacial score (nSPS) is 15.4. The Balaban J connectivity index is 2.34. The van der Waals surface area contributed by atoms with Crippen LogP contribution in [-0.4, -0.2) is 16.1 Å². The molecule has 2 heterocycles.